The number of Topliss-reactive ketones (excluding diaryl/α,β-unsaturated/α-hetero) is 1. The number of alkyl halides is 1. The van der Waals surface area contributed by atoms with Crippen LogP contribution >= 0.6 is 0 Å². The topological polar surface area (TPSA) is 74.6 Å². The zero-order valence-electron chi connectivity index (χ0n) is 16.6. The predicted octanol–water partition coefficient (Wildman–Crippen LogP) is 3.15. The highest BCUT2D eigenvalue weighted by atomic mass is 19.1. The van der Waals surface area contributed by atoms with Crippen molar-refractivity contribution in [3.05, 3.63) is 11.6 Å². The molecule has 0 aromatic heterocycles. The number of ketones is 2. The standard InChI is InChI=1S/C22H31FO4/c1-13-10-17-16-5-4-14-11-15(25)6-7-19(14,2)21(16,23)9-8-20(17,3)22(13,27)18(26)12-24/h11,13,16-17,24,27H,4-10,12H2,1-3H3/t13-,16-,17-,19-,20-,21+,22-/m0/s1. The van der Waals surface area contributed by atoms with E-state index in [1.54, 1.807) is 6.08 Å². The first kappa shape index (κ1) is 19.3. The zero-order valence-corrected chi connectivity index (χ0v) is 16.6. The summed E-state index contributed by atoms with van der Waals surface area (Å²) in [6, 6.07) is 0. The summed E-state index contributed by atoms with van der Waals surface area (Å²) in [6.07, 6.45) is 5.30. The minimum atomic E-state index is -1.59. The summed E-state index contributed by atoms with van der Waals surface area (Å²) in [4.78, 5) is 24.4. The fourth-order valence-electron chi connectivity index (χ4n) is 7.51. The minimum absolute atomic E-state index is 0.0947. The quantitative estimate of drug-likeness (QED) is 0.774. The summed E-state index contributed by atoms with van der Waals surface area (Å²) in [5.41, 5.74) is -3.39. The number of fused-ring (bicyclic) bond motifs is 5. The number of rotatable bonds is 2. The van der Waals surface area contributed by atoms with Gasteiger partial charge in [-0.2, -0.15) is 0 Å². The first-order chi connectivity index (χ1) is 12.5. The third kappa shape index (κ3) is 2.10. The van der Waals surface area contributed by atoms with Crippen LogP contribution < -0.4 is 0 Å². The molecule has 7 atom stereocenters. The van der Waals surface area contributed by atoms with E-state index in [0.717, 1.165) is 5.57 Å². The van der Waals surface area contributed by atoms with Crippen LogP contribution in [0.15, 0.2) is 11.6 Å². The van der Waals surface area contributed by atoms with Gasteiger partial charge in [0.05, 0.1) is 0 Å². The van der Waals surface area contributed by atoms with Crippen molar-refractivity contribution in [3.8, 4) is 0 Å². The Balaban J connectivity index is 1.77. The molecule has 5 heteroatoms. The molecule has 4 aliphatic carbocycles. The van der Waals surface area contributed by atoms with Crippen LogP contribution in [0.2, 0.25) is 0 Å². The van der Waals surface area contributed by atoms with E-state index < -0.39 is 34.5 Å². The molecule has 0 radical (unpaired) electrons. The molecule has 3 saturated carbocycles. The Bertz CT molecular complexity index is 732. The second-order valence-electron chi connectivity index (χ2n) is 9.98. The van der Waals surface area contributed by atoms with Crippen LogP contribution in [-0.4, -0.2) is 39.7 Å². The van der Waals surface area contributed by atoms with E-state index in [1.807, 2.05) is 20.8 Å². The van der Waals surface area contributed by atoms with Gasteiger partial charge in [0.15, 0.2) is 11.6 Å². The van der Waals surface area contributed by atoms with E-state index in [9.17, 15) is 19.8 Å². The maximum absolute atomic E-state index is 16.8. The summed E-state index contributed by atoms with van der Waals surface area (Å²) in [5, 5.41) is 20.9. The van der Waals surface area contributed by atoms with E-state index in [2.05, 4.69) is 0 Å². The molecular weight excluding hydrogens is 347 g/mol. The van der Waals surface area contributed by atoms with E-state index in [1.165, 1.54) is 0 Å². The van der Waals surface area contributed by atoms with Crippen LogP contribution in [-0.2, 0) is 9.59 Å². The number of carbonyl (C=O) groups is 2. The van der Waals surface area contributed by atoms with Crippen molar-refractivity contribution >= 4 is 11.6 Å². The SMILES string of the molecule is C[C@H]1C[C@H]2[C@@H]3CCC4=CC(=O)CC[C@]4(C)[C@@]3(F)CC[C@]2(C)[C@@]1(O)C(=O)CO. The normalized spacial score (nSPS) is 51.9. The average Bonchev–Trinajstić information content (AvgIpc) is 2.84. The Hall–Kier alpha value is -1.07. The lowest BCUT2D eigenvalue weighted by atomic mass is 9.44. The molecule has 4 aliphatic rings. The van der Waals surface area contributed by atoms with Crippen molar-refractivity contribution in [2.75, 3.05) is 6.61 Å². The average molecular weight is 378 g/mol. The molecular formula is C22H31FO4. The number of aliphatic hydroxyl groups is 2. The molecule has 4 rings (SSSR count). The summed E-state index contributed by atoms with van der Waals surface area (Å²) < 4.78 is 16.8. The molecule has 2 N–H and O–H groups in total. The summed E-state index contributed by atoms with van der Waals surface area (Å²) >= 11 is 0. The maximum atomic E-state index is 16.8. The summed E-state index contributed by atoms with van der Waals surface area (Å²) in [6.45, 7) is 5.07. The highest BCUT2D eigenvalue weighted by molar-refractivity contribution is 5.92. The smallest absolute Gasteiger partial charge is 0.190 e. The van der Waals surface area contributed by atoms with Crippen LogP contribution in [0, 0.1) is 28.6 Å². The molecule has 0 heterocycles. The number of hydrogen-bond donors (Lipinski definition) is 2. The zero-order chi connectivity index (χ0) is 19.8. The van der Waals surface area contributed by atoms with Gasteiger partial charge in [0.1, 0.15) is 17.9 Å². The van der Waals surface area contributed by atoms with Gasteiger partial charge in [-0.1, -0.05) is 26.3 Å². The Morgan fingerprint density at radius 3 is 2.59 bits per heavy atom. The van der Waals surface area contributed by atoms with Gasteiger partial charge in [0, 0.05) is 17.3 Å². The Morgan fingerprint density at radius 1 is 1.22 bits per heavy atom. The van der Waals surface area contributed by atoms with Crippen LogP contribution in [0.1, 0.15) is 65.7 Å². The third-order valence-corrected chi connectivity index (χ3v) is 9.22. The molecule has 0 aromatic carbocycles. The number of halogens is 1. The van der Waals surface area contributed by atoms with Gasteiger partial charge in [0.25, 0.3) is 0 Å². The first-order valence-electron chi connectivity index (χ1n) is 10.3. The highest BCUT2D eigenvalue weighted by Crippen LogP contribution is 2.71. The van der Waals surface area contributed by atoms with Crippen molar-refractivity contribution in [1.82, 2.24) is 0 Å². The van der Waals surface area contributed by atoms with Gasteiger partial charge in [0.2, 0.25) is 0 Å². The van der Waals surface area contributed by atoms with Crippen LogP contribution in [0.4, 0.5) is 4.39 Å². The van der Waals surface area contributed by atoms with Crippen molar-refractivity contribution < 1.29 is 24.2 Å². The van der Waals surface area contributed by atoms with Gasteiger partial charge in [-0.25, -0.2) is 4.39 Å². The molecule has 4 nitrogen and oxygen atoms in total. The van der Waals surface area contributed by atoms with Gasteiger partial charge in [-0.15, -0.1) is 0 Å². The predicted molar refractivity (Wildman–Crippen MR) is 98.6 cm³/mol. The number of aliphatic hydroxyl groups excluding tert-OH is 1. The van der Waals surface area contributed by atoms with E-state index in [0.29, 0.717) is 44.9 Å². The molecule has 0 aromatic rings. The van der Waals surface area contributed by atoms with Crippen molar-refractivity contribution in [1.29, 1.82) is 0 Å². The number of hydrogen-bond acceptors (Lipinski definition) is 4. The maximum Gasteiger partial charge on any atom is 0.190 e. The molecule has 150 valence electrons. The molecule has 0 unspecified atom stereocenters. The van der Waals surface area contributed by atoms with Gasteiger partial charge < -0.3 is 10.2 Å². The van der Waals surface area contributed by atoms with Crippen molar-refractivity contribution in [3.63, 3.8) is 0 Å². The van der Waals surface area contributed by atoms with Crippen LogP contribution in [0.3, 0.4) is 0 Å². The first-order valence-corrected chi connectivity index (χ1v) is 10.3. The second kappa shape index (κ2) is 5.73. The van der Waals surface area contributed by atoms with Gasteiger partial charge >= 0.3 is 0 Å². The summed E-state index contributed by atoms with van der Waals surface area (Å²) in [7, 11) is 0. The molecule has 3 fully saturated rings. The lowest BCUT2D eigenvalue weighted by Gasteiger charge is -2.61. The Morgan fingerprint density at radius 2 is 1.93 bits per heavy atom. The van der Waals surface area contributed by atoms with E-state index in [4.69, 9.17) is 0 Å². The Labute approximate surface area is 160 Å². The Kier molecular flexibility index (Phi) is 4.08. The highest BCUT2D eigenvalue weighted by Gasteiger charge is 2.72. The molecule has 0 saturated heterocycles. The summed E-state index contributed by atoms with van der Waals surface area (Å²) in [5.74, 6) is -1.05. The third-order valence-electron chi connectivity index (χ3n) is 9.22. The van der Waals surface area contributed by atoms with E-state index in [-0.39, 0.29) is 23.5 Å². The monoisotopic (exact) mass is 378 g/mol. The molecule has 0 amide bonds. The van der Waals surface area contributed by atoms with E-state index >= 15 is 4.39 Å². The lowest BCUT2D eigenvalue weighted by Crippen LogP contribution is -2.64. The molecule has 0 aliphatic heterocycles. The molecule has 0 bridgehead atoms. The number of allylic oxidation sites excluding steroid dienone is 1. The van der Waals surface area contributed by atoms with Gasteiger partial charge in [-0.3, -0.25) is 9.59 Å². The molecule has 27 heavy (non-hydrogen) atoms. The lowest BCUT2D eigenvalue weighted by molar-refractivity contribution is -0.188. The fourth-order valence-corrected chi connectivity index (χ4v) is 7.51. The van der Waals surface area contributed by atoms with Crippen molar-refractivity contribution in [2.45, 2.75) is 77.0 Å². The number of carbonyl (C=O) groups excluding carboxylic acids is 2. The fraction of sp³-hybridized carbons (Fsp3) is 0.818. The largest absolute Gasteiger partial charge is 0.388 e. The minimum Gasteiger partial charge on any atom is -0.388 e. The van der Waals surface area contributed by atoms with Crippen LogP contribution in [0.25, 0.3) is 0 Å². The van der Waals surface area contributed by atoms with Crippen molar-refractivity contribution in [2.24, 2.45) is 28.6 Å². The second-order valence-corrected chi connectivity index (χ2v) is 9.98. The molecule has 0 spiro atoms. The van der Waals surface area contributed by atoms with Gasteiger partial charge in [-0.05, 0) is 62.4 Å². The van der Waals surface area contributed by atoms with Crippen LogP contribution in [0.5, 0.6) is 0 Å².